The molecule has 0 radical (unpaired) electrons. The van der Waals surface area contributed by atoms with Crippen molar-refractivity contribution in [1.29, 1.82) is 0 Å². The smallest absolute Gasteiger partial charge is 0.217 e. The summed E-state index contributed by atoms with van der Waals surface area (Å²) in [6.45, 7) is -9.58. The summed E-state index contributed by atoms with van der Waals surface area (Å²) in [7, 11) is 1.25. The maximum Gasteiger partial charge on any atom is 0.217 e. The van der Waals surface area contributed by atoms with Crippen molar-refractivity contribution < 1.29 is 154 Å². The van der Waals surface area contributed by atoms with E-state index in [-0.39, 0.29) is 118 Å². The van der Waals surface area contributed by atoms with Gasteiger partial charge in [-0.25, -0.2) is 0 Å². The van der Waals surface area contributed by atoms with Gasteiger partial charge >= 0.3 is 0 Å². The second kappa shape index (κ2) is 56.1. The van der Waals surface area contributed by atoms with Gasteiger partial charge in [0.2, 0.25) is 5.91 Å². The lowest BCUT2D eigenvalue weighted by Gasteiger charge is -2.42. The van der Waals surface area contributed by atoms with Gasteiger partial charge in [0.15, 0.2) is 25.7 Å². The fraction of sp³-hybridized carbons (Fsp3) is 0.984. The minimum Gasteiger partial charge on any atom is -0.780 e. The standard InChI is InChI=1S/C63H125NO32P4S4/c1-47-54(69)56(71)50(40-65)94-60(47)84-30-16-9-12-20-34-88-98(76,102)91-37-23-27-81-44-63(43-80-26-15-7-5-6-8-19-33-87-97(75,101)79-4,45-82-28-24-38-92-99(77,103)89-35-21-13-10-17-31-85-61-48(2)55(70)57(72)51(41-66)95-61)46-83-29-25-39-93-100(78,104)90-36-22-14-11-18-32-86-62-53(64-49(3)68)59(74)58(73)52(42-67)96-62/h47-48,50-62,65-67,69-74H,5-46H2,1-4H3,(H,64,68)(H,75,101)(H,76,102)(H,77,103)(H,78,104)/p-4/t47?,48?,50?,51?,52?,53?,54-,55-,56+,57+,58+,59-,60-,61-,62-,63?,97?,98?,99?,100?/m1/s1. The first kappa shape index (κ1) is 99.0. The van der Waals surface area contributed by atoms with Crippen molar-refractivity contribution in [2.75, 3.05) is 146 Å². The molecule has 3 aliphatic heterocycles. The molecule has 10 N–H and O–H groups in total. The van der Waals surface area contributed by atoms with Crippen molar-refractivity contribution in [2.24, 2.45) is 17.3 Å². The van der Waals surface area contributed by atoms with Gasteiger partial charge in [-0.05, 0) is 70.6 Å². The van der Waals surface area contributed by atoms with Gasteiger partial charge in [-0.1, -0.05) is 113 Å². The van der Waals surface area contributed by atoms with Gasteiger partial charge in [-0.2, -0.15) is 0 Å². The molecule has 0 spiro atoms. The number of ether oxygens (including phenoxy) is 10. The topological polar surface area (TPSA) is 464 Å². The zero-order valence-electron chi connectivity index (χ0n) is 60.7. The number of hydrogen-bond donors (Lipinski definition) is 10. The largest absolute Gasteiger partial charge is 0.780 e. The molecule has 0 aromatic heterocycles. The quantitative estimate of drug-likeness (QED) is 0.0238. The van der Waals surface area contributed by atoms with Crippen LogP contribution in [0.2, 0.25) is 0 Å². The Labute approximate surface area is 634 Å². The lowest BCUT2D eigenvalue weighted by atomic mass is 9.92. The molecule has 0 aromatic carbocycles. The highest BCUT2D eigenvalue weighted by atomic mass is 32.7. The Kier molecular flexibility index (Phi) is 53.4. The summed E-state index contributed by atoms with van der Waals surface area (Å²) in [5, 5.41) is 92.7. The summed E-state index contributed by atoms with van der Waals surface area (Å²) in [6.07, 6.45) is 0.272. The molecule has 0 saturated carbocycles. The first-order valence-corrected chi connectivity index (χ1v) is 46.4. The van der Waals surface area contributed by atoms with E-state index in [1.165, 1.54) is 14.0 Å². The molecule has 11 unspecified atom stereocenters. The van der Waals surface area contributed by atoms with Gasteiger partial charge in [0, 0.05) is 72.1 Å². The van der Waals surface area contributed by atoms with E-state index < -0.39 is 150 Å². The van der Waals surface area contributed by atoms with Crippen LogP contribution in [0, 0.1) is 17.3 Å². The number of carbonyl (C=O) groups excluding carboxylic acids is 1. The average Bonchev–Trinajstić information content (AvgIpc) is 0.823. The minimum atomic E-state index is -3.88. The average molecular weight is 1660 g/mol. The summed E-state index contributed by atoms with van der Waals surface area (Å²) in [6, 6.07) is -1.05. The molecule has 20 atom stereocenters. The van der Waals surface area contributed by atoms with E-state index in [0.717, 1.165) is 44.9 Å². The highest BCUT2D eigenvalue weighted by molar-refractivity contribution is 8.32. The molecule has 0 bridgehead atoms. The molecular weight excluding hydrogens is 1530 g/mol. The second-order valence-corrected chi connectivity index (χ2v) is 37.2. The number of aliphatic hydroxyl groups is 9. The van der Waals surface area contributed by atoms with Crippen LogP contribution in [0.4, 0.5) is 0 Å². The molecule has 41 heteroatoms. The number of amides is 1. The number of unbranched alkanes of at least 4 members (excludes halogenated alkanes) is 14. The minimum absolute atomic E-state index is 0.0377. The Bertz CT molecular complexity index is 2330. The van der Waals surface area contributed by atoms with E-state index in [1.807, 2.05) is 0 Å². The first-order valence-electron chi connectivity index (χ1n) is 36.2. The third kappa shape index (κ3) is 42.2. The molecule has 3 saturated heterocycles. The fourth-order valence-corrected chi connectivity index (χ4v) is 15.4. The Hall–Kier alpha value is 0.800. The molecule has 104 heavy (non-hydrogen) atoms. The van der Waals surface area contributed by atoms with Crippen LogP contribution in [0.1, 0.15) is 156 Å². The van der Waals surface area contributed by atoms with Gasteiger partial charge in [-0.3, -0.25) is 9.36 Å². The van der Waals surface area contributed by atoms with Crippen LogP contribution in [0.15, 0.2) is 0 Å². The van der Waals surface area contributed by atoms with Crippen LogP contribution in [0.3, 0.4) is 0 Å². The highest BCUT2D eigenvalue weighted by Crippen LogP contribution is 2.46. The van der Waals surface area contributed by atoms with Gasteiger partial charge in [0.25, 0.3) is 0 Å². The zero-order valence-corrected chi connectivity index (χ0v) is 67.5. The number of aliphatic hydroxyl groups excluding tert-OH is 9. The molecule has 33 nitrogen and oxygen atoms in total. The third-order valence-electron chi connectivity index (χ3n) is 17.2. The molecule has 618 valence electrons. The van der Waals surface area contributed by atoms with E-state index in [4.69, 9.17) is 131 Å². The van der Waals surface area contributed by atoms with Crippen LogP contribution >= 0.6 is 27.0 Å². The molecule has 3 aliphatic rings. The van der Waals surface area contributed by atoms with Gasteiger partial charge in [0.05, 0.1) is 110 Å². The first-order chi connectivity index (χ1) is 49.6. The maximum absolute atomic E-state index is 13.1. The summed E-state index contributed by atoms with van der Waals surface area (Å²) in [4.78, 5) is 49.8. The number of nitrogens with one attached hydrogen (secondary N) is 1. The predicted molar refractivity (Wildman–Crippen MR) is 386 cm³/mol. The summed E-state index contributed by atoms with van der Waals surface area (Å²) < 4.78 is 115. The van der Waals surface area contributed by atoms with Crippen LogP contribution < -0.4 is 20.0 Å². The van der Waals surface area contributed by atoms with Crippen molar-refractivity contribution in [3.8, 4) is 0 Å². The monoisotopic (exact) mass is 1660 g/mol. The van der Waals surface area contributed by atoms with Gasteiger partial charge in [-0.15, -0.1) is 0 Å². The van der Waals surface area contributed by atoms with E-state index in [0.29, 0.717) is 90.4 Å². The number of rotatable bonds is 65. The summed E-state index contributed by atoms with van der Waals surface area (Å²) >= 11 is 20.3. The molecule has 0 aromatic rings. The lowest BCUT2D eigenvalue weighted by Crippen LogP contribution is -2.64. The van der Waals surface area contributed by atoms with Crippen molar-refractivity contribution in [1.82, 2.24) is 5.32 Å². The molecular formula is C63H121NO32P4S4-4. The van der Waals surface area contributed by atoms with E-state index in [9.17, 15) is 70.0 Å². The Morgan fingerprint density at radius 3 is 1.03 bits per heavy atom. The Balaban J connectivity index is 1.53. The maximum atomic E-state index is 13.1. The fourth-order valence-electron chi connectivity index (χ4n) is 11.0. The Morgan fingerprint density at radius 1 is 0.413 bits per heavy atom. The van der Waals surface area contributed by atoms with Crippen LogP contribution in [0.5, 0.6) is 0 Å². The number of hydrogen-bond acceptors (Lipinski definition) is 36. The highest BCUT2D eigenvalue weighted by Gasteiger charge is 2.46. The van der Waals surface area contributed by atoms with E-state index in [2.05, 4.69) is 5.32 Å². The molecule has 3 rings (SSSR count). The molecule has 3 heterocycles. The molecule has 3 fully saturated rings. The predicted octanol–water partition coefficient (Wildman–Crippen LogP) is 2.55. The van der Waals surface area contributed by atoms with Crippen LogP contribution in [-0.4, -0.2) is 278 Å². The molecule has 1 amide bonds. The van der Waals surface area contributed by atoms with Crippen LogP contribution in [-0.2, 0) is 141 Å². The normalized spacial score (nSPS) is 28.3. The third-order valence-corrected chi connectivity index (χ3v) is 23.8. The van der Waals surface area contributed by atoms with Gasteiger partial charge < -0.3 is 162 Å². The van der Waals surface area contributed by atoms with Crippen molar-refractivity contribution in [2.45, 2.75) is 235 Å². The van der Waals surface area contributed by atoms with Gasteiger partial charge in [0.1, 0.15) is 68.9 Å². The van der Waals surface area contributed by atoms with E-state index >= 15 is 0 Å². The van der Waals surface area contributed by atoms with Crippen molar-refractivity contribution >= 4 is 80.5 Å². The van der Waals surface area contributed by atoms with Crippen molar-refractivity contribution in [3.05, 3.63) is 0 Å². The lowest BCUT2D eigenvalue weighted by molar-refractivity contribution is -0.282. The zero-order chi connectivity index (χ0) is 76.9. The summed E-state index contributed by atoms with van der Waals surface area (Å²) in [5.41, 5.74) is -0.926. The second-order valence-electron chi connectivity index (χ2n) is 26.1. The molecule has 0 aliphatic carbocycles. The van der Waals surface area contributed by atoms with Crippen LogP contribution in [0.25, 0.3) is 0 Å². The summed E-state index contributed by atoms with van der Waals surface area (Å²) in [5.74, 6) is -1.46. The Morgan fingerprint density at radius 2 is 0.683 bits per heavy atom. The van der Waals surface area contributed by atoms with Crippen molar-refractivity contribution in [3.63, 3.8) is 0 Å². The SMILES string of the molecule is COP([O-])(=S)OCCCCCCCCOCC(COCCCOP(=O)([S-])OCCCCCCO[C@@H]1OC(CO)[C@H](O)[C@H](O)C1C)(COCCCOP([O-])(=S)OCCCCCCO[C@@H]1OC(CO)[C@H](O)[C@H](O)C1C)COCCCOP([O-])(=S)OCCCCCCO[C@@H]1OC(CO)[C@H](O)[C@H](O)C1NC(C)=O. The van der Waals surface area contributed by atoms with E-state index in [1.54, 1.807) is 13.8 Å². The number of carbonyl (C=O) groups is 1.